The summed E-state index contributed by atoms with van der Waals surface area (Å²) in [6.07, 6.45) is 3.17. The normalized spacial score (nSPS) is 1.27. The average molecular weight is 428 g/mol. The summed E-state index contributed by atoms with van der Waals surface area (Å²) in [7, 11) is 0. The van der Waals surface area contributed by atoms with E-state index in [0.717, 1.165) is 0 Å². The van der Waals surface area contributed by atoms with Gasteiger partial charge in [0.05, 0.1) is 0 Å². The minimum Gasteiger partial charge on any atom is 0 e. The van der Waals surface area contributed by atoms with Gasteiger partial charge in [-0.3, -0.25) is 0 Å². The number of hydrogen-bond donors (Lipinski definition) is 0. The van der Waals surface area contributed by atoms with Crippen molar-refractivity contribution in [2.45, 2.75) is 0 Å². The summed E-state index contributed by atoms with van der Waals surface area (Å²) in [5, 5.41) is 0. The molecule has 0 aromatic rings. The second-order valence-corrected chi connectivity index (χ2v) is 0. The van der Waals surface area contributed by atoms with E-state index in [4.69, 9.17) is 37.2 Å². The molecule has 0 spiro atoms. The molecule has 122 valence electrons. The molecule has 8 nitrogen and oxygen atoms in total. The molecule has 22 heavy (non-hydrogen) atoms. The summed E-state index contributed by atoms with van der Waals surface area (Å²) in [5.74, 6) is 0. The quantitative estimate of drug-likeness (QED) is 0.231. The van der Waals surface area contributed by atoms with Crippen LogP contribution in [0.4, 0.5) is 0 Å². The molecule has 0 bridgehead atoms. The van der Waals surface area contributed by atoms with Gasteiger partial charge in [0.15, 0.2) is 0 Å². The SMILES string of the molecule is C[S-].C[S-].[C-]#[O+].[C-]#[O+].[C-]#[O+].[C-]#[O+].[C-]#[O+].[C-]#[O+].[C-]#[O+].[C-]#[O+].[Mn].[Mn]. The van der Waals surface area contributed by atoms with E-state index in [1.165, 1.54) is 0 Å². The van der Waals surface area contributed by atoms with Gasteiger partial charge in [-0.05, 0) is 0 Å². The fourth-order valence-electron chi connectivity index (χ4n) is 0. The Morgan fingerprint density at radius 1 is 0.318 bits per heavy atom. The van der Waals surface area contributed by atoms with Gasteiger partial charge in [0.2, 0.25) is 0 Å². The Labute approximate surface area is 162 Å². The Morgan fingerprint density at radius 3 is 0.318 bits per heavy atom. The van der Waals surface area contributed by atoms with Crippen molar-refractivity contribution in [1.29, 1.82) is 0 Å². The second kappa shape index (κ2) is 68600. The van der Waals surface area contributed by atoms with E-state index < -0.39 is 0 Å². The van der Waals surface area contributed by atoms with E-state index in [1.54, 1.807) is 12.5 Å². The predicted molar refractivity (Wildman–Crippen MR) is 58.0 cm³/mol. The van der Waals surface area contributed by atoms with E-state index >= 15 is 0 Å². The molecule has 0 aliphatic rings. The number of hydrogen-bond acceptors (Lipinski definition) is 2. The van der Waals surface area contributed by atoms with Gasteiger partial charge in [-0.2, -0.15) is 12.5 Å². The van der Waals surface area contributed by atoms with Crippen LogP contribution in [-0.4, -0.2) is 12.5 Å². The Morgan fingerprint density at radius 2 is 0.318 bits per heavy atom. The Bertz CT molecular complexity index is 147. The van der Waals surface area contributed by atoms with Crippen LogP contribution in [0.25, 0.3) is 0 Å². The first-order valence-corrected chi connectivity index (χ1v) is 4.08. The van der Waals surface area contributed by atoms with Crippen molar-refractivity contribution >= 4 is 25.3 Å². The molecule has 0 unspecified atom stereocenters. The van der Waals surface area contributed by atoms with Gasteiger partial charge in [0, 0.05) is 34.1 Å². The van der Waals surface area contributed by atoms with Gasteiger partial charge in [0.25, 0.3) is 0 Å². The zero-order chi connectivity index (χ0) is 20.0. The topological polar surface area (TPSA) is 159 Å². The average Bonchev–Trinajstić information content (AvgIpc) is 2.71. The molecule has 0 aromatic heterocycles. The molecule has 0 rings (SSSR count). The predicted octanol–water partition coefficient (Wildman–Crippen LogP) is 0.0211. The van der Waals surface area contributed by atoms with Crippen LogP contribution >= 0.6 is 0 Å². The minimum atomic E-state index is 0. The molecular formula is C10H6Mn2O8S2-2. The van der Waals surface area contributed by atoms with Crippen LogP contribution in [0.15, 0.2) is 0 Å². The van der Waals surface area contributed by atoms with Crippen molar-refractivity contribution in [2.24, 2.45) is 0 Å². The van der Waals surface area contributed by atoms with Gasteiger partial charge >= 0.3 is 90.4 Å². The van der Waals surface area contributed by atoms with Crippen LogP contribution in [-0.2, 0) is 96.6 Å². The van der Waals surface area contributed by atoms with Crippen LogP contribution in [0.5, 0.6) is 0 Å². The zero-order valence-corrected chi connectivity index (χ0v) is 14.8. The molecule has 0 N–H and O–H groups in total. The van der Waals surface area contributed by atoms with Crippen LogP contribution in [0.2, 0.25) is 0 Å². The van der Waals surface area contributed by atoms with E-state index in [1.807, 2.05) is 0 Å². The van der Waals surface area contributed by atoms with Crippen LogP contribution in [0.3, 0.4) is 0 Å². The third-order valence-corrected chi connectivity index (χ3v) is 0. The molecule has 0 aliphatic carbocycles. The summed E-state index contributed by atoms with van der Waals surface area (Å²) in [4.78, 5) is 0. The molecule has 0 atom stereocenters. The van der Waals surface area contributed by atoms with Gasteiger partial charge in [0.1, 0.15) is 0 Å². The summed E-state index contributed by atoms with van der Waals surface area (Å²) in [5.41, 5.74) is 0. The van der Waals surface area contributed by atoms with Crippen molar-refractivity contribution in [3.8, 4) is 0 Å². The third kappa shape index (κ3) is 58800. The molecule has 0 amide bonds. The van der Waals surface area contributed by atoms with E-state index in [2.05, 4.69) is 78.5 Å². The maximum atomic E-state index is 7.50. The monoisotopic (exact) mass is 428 g/mol. The first-order chi connectivity index (χ1) is 10.0. The van der Waals surface area contributed by atoms with E-state index in [-0.39, 0.29) is 34.1 Å². The summed E-state index contributed by atoms with van der Waals surface area (Å²) < 4.78 is 60.0. The maximum Gasteiger partial charge on any atom is 0 e. The van der Waals surface area contributed by atoms with Crippen molar-refractivity contribution in [2.75, 3.05) is 12.5 Å². The minimum absolute atomic E-state index is 0. The smallest absolute Gasteiger partial charge is 0 e. The first kappa shape index (κ1) is 99.1. The Hall–Kier alpha value is -0.341. The maximum absolute atomic E-state index is 7.50. The van der Waals surface area contributed by atoms with Crippen molar-refractivity contribution in [3.63, 3.8) is 0 Å². The molecule has 0 saturated heterocycles. The fourth-order valence-corrected chi connectivity index (χ4v) is 0. The molecule has 0 heterocycles. The zero-order valence-electron chi connectivity index (χ0n) is 10.8. The molecule has 2 radical (unpaired) electrons. The molecule has 0 fully saturated rings. The van der Waals surface area contributed by atoms with Gasteiger partial charge in [-0.25, -0.2) is 0 Å². The van der Waals surface area contributed by atoms with Gasteiger partial charge in [-0.1, -0.05) is 0 Å². The standard InChI is InChI=1S/8CO.2CH4S.2Mn/c10*1-2;;/h;;;;;;;;2*2H,1H3;;/p-2. The van der Waals surface area contributed by atoms with Crippen LogP contribution in [0.1, 0.15) is 0 Å². The first-order valence-electron chi connectivity index (χ1n) is 2.45. The summed E-state index contributed by atoms with van der Waals surface area (Å²) in [6.45, 7) is 36.0. The Balaban J connectivity index is -0.00000000500. The van der Waals surface area contributed by atoms with E-state index in [0.29, 0.717) is 0 Å². The third-order valence-electron chi connectivity index (χ3n) is 0. The van der Waals surface area contributed by atoms with Crippen LogP contribution < -0.4 is 0 Å². The van der Waals surface area contributed by atoms with E-state index in [9.17, 15) is 0 Å². The molecule has 0 saturated carbocycles. The van der Waals surface area contributed by atoms with Crippen molar-refractivity contribution in [3.05, 3.63) is 53.2 Å². The summed E-state index contributed by atoms with van der Waals surface area (Å²) in [6, 6.07) is 0. The second-order valence-electron chi connectivity index (χ2n) is 0. The molecular weight excluding hydrogens is 422 g/mol. The van der Waals surface area contributed by atoms with Crippen LogP contribution in [0, 0.1) is 53.2 Å². The fraction of sp³-hybridized carbons (Fsp3) is 0.200. The summed E-state index contributed by atoms with van der Waals surface area (Å²) >= 11 is 8.17. The van der Waals surface area contributed by atoms with Gasteiger partial charge in [-0.15, -0.1) is 0 Å². The van der Waals surface area contributed by atoms with Crippen molar-refractivity contribution < 1.29 is 71.4 Å². The Kier molecular flexibility index (Phi) is 309000. The van der Waals surface area contributed by atoms with Crippen molar-refractivity contribution in [1.82, 2.24) is 0 Å². The molecule has 12 heteroatoms. The molecule has 0 aromatic carbocycles. The van der Waals surface area contributed by atoms with Gasteiger partial charge < -0.3 is 25.3 Å². The number of rotatable bonds is 0. The largest absolute Gasteiger partial charge is 0 e. The molecule has 0 aliphatic heterocycles.